The third-order valence-electron chi connectivity index (χ3n) is 24.2. The second-order valence-electron chi connectivity index (χ2n) is 29.4. The van der Waals surface area contributed by atoms with Crippen LogP contribution in [-0.4, -0.2) is 26.9 Å². The van der Waals surface area contributed by atoms with Crippen LogP contribution in [0.25, 0.3) is 43.9 Å². The molecule has 25 rings (SSSR count). The summed E-state index contributed by atoms with van der Waals surface area (Å²) in [7, 11) is 0. The fraction of sp³-hybridized carbons (Fsp3) is 0.0217. The number of anilines is 18. The Morgan fingerprint density at radius 2 is 0.510 bits per heavy atom. The maximum Gasteiger partial charge on any atom is 0.252 e. The van der Waals surface area contributed by atoms with Crippen LogP contribution in [0.1, 0.15) is 11.1 Å². The summed E-state index contributed by atoms with van der Waals surface area (Å²) in [6.45, 7) is 3.77. The van der Waals surface area contributed by atoms with Gasteiger partial charge in [-0.15, -0.1) is 0 Å². The van der Waals surface area contributed by atoms with Crippen LogP contribution < -0.4 is 95.0 Å². The minimum atomic E-state index is -0.186. The molecule has 478 valence electrons. The SMILES string of the molecule is Cc1ccc2oc3ccc4c(c3c2c1)N(c1ccccc1)c1cc2c3c5c1B4c1ccccc1N5c1ccccc1B3c1cc3c(cc1N2c1ccccc1)N(c1ccccc1)c1cc2c4c5c1B3c1ccccc1N5c1ccccc1B4c1ccc3oc4ccc(C)cc4c3c1N2c1ccccc1. The number of fused-ring (bicyclic) bond motifs is 28. The van der Waals surface area contributed by atoms with Crippen molar-refractivity contribution in [1.29, 1.82) is 0 Å². The fourth-order valence-electron chi connectivity index (χ4n) is 20.4. The lowest BCUT2D eigenvalue weighted by Gasteiger charge is -2.52. The van der Waals surface area contributed by atoms with Gasteiger partial charge in [-0.25, -0.2) is 0 Å². The Morgan fingerprint density at radius 1 is 0.212 bits per heavy atom. The van der Waals surface area contributed by atoms with Crippen molar-refractivity contribution in [3.63, 3.8) is 0 Å². The van der Waals surface area contributed by atoms with Crippen LogP contribution in [0.2, 0.25) is 0 Å². The van der Waals surface area contributed by atoms with E-state index in [0.717, 1.165) is 112 Å². The van der Waals surface area contributed by atoms with Gasteiger partial charge in [0.2, 0.25) is 0 Å². The molecule has 0 amide bonds. The van der Waals surface area contributed by atoms with Crippen LogP contribution in [0.15, 0.2) is 312 Å². The number of hydrogen-bond acceptors (Lipinski definition) is 8. The van der Waals surface area contributed by atoms with Gasteiger partial charge in [-0.1, -0.05) is 187 Å². The van der Waals surface area contributed by atoms with Gasteiger partial charge in [0.25, 0.3) is 26.9 Å². The third kappa shape index (κ3) is 6.94. The lowest BCUT2D eigenvalue weighted by Crippen LogP contribution is -2.70. The minimum absolute atomic E-state index is 0.124. The first kappa shape index (κ1) is 55.7. The molecule has 0 saturated heterocycles. The Labute approximate surface area is 601 Å². The molecule has 0 aliphatic carbocycles. The molecule has 0 radical (unpaired) electrons. The van der Waals surface area contributed by atoms with Crippen molar-refractivity contribution in [3.05, 3.63) is 314 Å². The maximum atomic E-state index is 6.93. The average Bonchev–Trinajstić information content (AvgIpc) is 0.685. The fourth-order valence-corrected chi connectivity index (χ4v) is 20.4. The zero-order chi connectivity index (χ0) is 67.6. The Balaban J connectivity index is 0.817. The summed E-state index contributed by atoms with van der Waals surface area (Å²) in [5.74, 6) is 0. The standard InChI is InChI=1S/C92H56B4N6O2/c1-53-39-43-79-59(47-53)83-81(103-79)45-41-65-89(83)99(57-27-11-5-12-28-57)77-51-75-85-91-87(77)93(65)61-31-15-19-35-69(61)101(91)71-37-21-17-33-63(71)95(85)67-49-68-74(50-73(67)97(75)55-23-7-3-8-24-55)98(56-25-9-4-10-26-56)76-52-78-88-92-86(76)96(68)64-34-18-22-38-72(64)102(92)70-36-20-16-32-62(70)94(88)66-42-46-82-84(60-48-54(2)40-44-80(60)104-82)90(66)100(78)58-29-13-6-14-30-58/h3-52H,1-2H3. The van der Waals surface area contributed by atoms with Crippen LogP contribution in [0.3, 0.4) is 0 Å². The van der Waals surface area contributed by atoms with Crippen LogP contribution in [0, 0.1) is 13.8 Å². The molecular weight excluding hydrogens is 1260 g/mol. The van der Waals surface area contributed by atoms with E-state index in [9.17, 15) is 0 Å². The first-order chi connectivity index (χ1) is 51.5. The summed E-state index contributed by atoms with van der Waals surface area (Å²) < 4.78 is 13.9. The van der Waals surface area contributed by atoms with Crippen LogP contribution in [0.4, 0.5) is 102 Å². The lowest BCUT2D eigenvalue weighted by molar-refractivity contribution is 0.668. The quantitative estimate of drug-likeness (QED) is 0.162. The van der Waals surface area contributed by atoms with Gasteiger partial charge < -0.3 is 38.2 Å². The highest BCUT2D eigenvalue weighted by molar-refractivity contribution is 7.07. The van der Waals surface area contributed by atoms with Crippen LogP contribution in [-0.2, 0) is 0 Å². The van der Waals surface area contributed by atoms with E-state index < -0.39 is 0 Å². The monoisotopic (exact) mass is 1320 g/mol. The molecule has 0 saturated carbocycles. The third-order valence-corrected chi connectivity index (χ3v) is 24.2. The highest BCUT2D eigenvalue weighted by atomic mass is 16.3. The van der Waals surface area contributed by atoms with Crippen molar-refractivity contribution in [2.24, 2.45) is 0 Å². The van der Waals surface area contributed by atoms with Crippen molar-refractivity contribution < 1.29 is 8.83 Å². The first-order valence-electron chi connectivity index (χ1n) is 36.4. The van der Waals surface area contributed by atoms with Crippen molar-refractivity contribution in [2.75, 3.05) is 29.4 Å². The Morgan fingerprint density at radius 3 is 0.875 bits per heavy atom. The molecule has 12 heteroatoms. The summed E-state index contributed by atoms with van der Waals surface area (Å²) in [6, 6.07) is 115. The number of para-hydroxylation sites is 8. The van der Waals surface area contributed by atoms with E-state index in [4.69, 9.17) is 8.83 Å². The van der Waals surface area contributed by atoms with Crippen LogP contribution >= 0.6 is 0 Å². The number of furan rings is 2. The molecule has 0 unspecified atom stereocenters. The van der Waals surface area contributed by atoms with E-state index in [1.807, 2.05) is 0 Å². The molecule has 15 aromatic carbocycles. The molecule has 8 nitrogen and oxygen atoms in total. The van der Waals surface area contributed by atoms with Crippen molar-refractivity contribution in [3.8, 4) is 0 Å². The van der Waals surface area contributed by atoms with E-state index in [1.165, 1.54) is 111 Å². The number of benzene rings is 15. The smallest absolute Gasteiger partial charge is 0.252 e. The van der Waals surface area contributed by atoms with Gasteiger partial charge in [0.1, 0.15) is 22.3 Å². The highest BCUT2D eigenvalue weighted by Crippen LogP contribution is 2.56. The van der Waals surface area contributed by atoms with Gasteiger partial charge in [0.05, 0.1) is 22.1 Å². The molecule has 8 aliphatic heterocycles. The Kier molecular flexibility index (Phi) is 10.7. The predicted octanol–water partition coefficient (Wildman–Crippen LogP) is 15.5. The molecule has 17 aromatic rings. The van der Waals surface area contributed by atoms with E-state index >= 15 is 0 Å². The molecule has 0 fully saturated rings. The zero-order valence-corrected chi connectivity index (χ0v) is 56.7. The molecule has 2 aromatic heterocycles. The lowest BCUT2D eigenvalue weighted by atomic mass is 9.27. The van der Waals surface area contributed by atoms with Gasteiger partial charge in [-0.05, 0) is 207 Å². The van der Waals surface area contributed by atoms with E-state index in [1.54, 1.807) is 0 Å². The molecule has 0 bridgehead atoms. The van der Waals surface area contributed by atoms with E-state index in [2.05, 4.69) is 347 Å². The maximum absolute atomic E-state index is 6.93. The Hall–Kier alpha value is -13.0. The average molecular weight is 1320 g/mol. The van der Waals surface area contributed by atoms with Gasteiger partial charge in [0, 0.05) is 102 Å². The number of nitrogens with zero attached hydrogens (tertiary/aromatic N) is 6. The van der Waals surface area contributed by atoms with E-state index in [-0.39, 0.29) is 26.9 Å². The van der Waals surface area contributed by atoms with Gasteiger partial charge in [-0.2, -0.15) is 0 Å². The number of aryl methyl sites for hydroxylation is 2. The first-order valence-corrected chi connectivity index (χ1v) is 36.4. The summed E-state index contributed by atoms with van der Waals surface area (Å²) in [5, 5.41) is 4.49. The second kappa shape index (κ2) is 19.9. The molecule has 8 aliphatic rings. The zero-order valence-electron chi connectivity index (χ0n) is 56.7. The number of hydrogen-bond donors (Lipinski definition) is 0. The normalized spacial score (nSPS) is 14.4. The Bertz CT molecular complexity index is 6340. The van der Waals surface area contributed by atoms with Gasteiger partial charge in [0.15, 0.2) is 0 Å². The van der Waals surface area contributed by atoms with Gasteiger partial charge >= 0.3 is 0 Å². The summed E-state index contributed by atoms with van der Waals surface area (Å²) in [4.78, 5) is 15.8. The molecule has 0 atom stereocenters. The second-order valence-corrected chi connectivity index (χ2v) is 29.4. The summed E-state index contributed by atoms with van der Waals surface area (Å²) >= 11 is 0. The molecule has 0 spiro atoms. The largest absolute Gasteiger partial charge is 0.456 e. The molecule has 0 N–H and O–H groups in total. The van der Waals surface area contributed by atoms with Crippen LogP contribution in [0.5, 0.6) is 0 Å². The highest BCUT2D eigenvalue weighted by Gasteiger charge is 2.56. The van der Waals surface area contributed by atoms with Crippen molar-refractivity contribution in [2.45, 2.75) is 13.8 Å². The van der Waals surface area contributed by atoms with Gasteiger partial charge in [-0.3, -0.25) is 0 Å². The summed E-state index contributed by atoms with van der Waals surface area (Å²) in [6.07, 6.45) is 0. The van der Waals surface area contributed by atoms with E-state index in [0.29, 0.717) is 0 Å². The molecule has 10 heterocycles. The van der Waals surface area contributed by atoms with Crippen molar-refractivity contribution in [1.82, 2.24) is 0 Å². The number of rotatable bonds is 4. The topological polar surface area (TPSA) is 45.7 Å². The predicted molar refractivity (Wildman–Crippen MR) is 437 cm³/mol. The molecule has 104 heavy (non-hydrogen) atoms. The summed E-state index contributed by atoms with van der Waals surface area (Å²) in [5.41, 5.74) is 42.2. The molecular formula is C92H56B4N6O2. The minimum Gasteiger partial charge on any atom is -0.456 e. The van der Waals surface area contributed by atoms with Crippen molar-refractivity contribution >= 4 is 239 Å².